The number of alkyl halides is 2. The Kier molecular flexibility index (Phi) is 5.84. The molecule has 4 rings (SSSR count). The van der Waals surface area contributed by atoms with Crippen molar-refractivity contribution >= 4 is 28.1 Å². The van der Waals surface area contributed by atoms with Crippen LogP contribution in [0.15, 0.2) is 48.8 Å². The van der Waals surface area contributed by atoms with Gasteiger partial charge in [-0.05, 0) is 36.4 Å². The van der Waals surface area contributed by atoms with Crippen molar-refractivity contribution in [3.05, 3.63) is 59.5 Å². The Morgan fingerprint density at radius 1 is 1.26 bits per heavy atom. The summed E-state index contributed by atoms with van der Waals surface area (Å²) in [5.41, 5.74) is 1.36. The van der Waals surface area contributed by atoms with Crippen molar-refractivity contribution in [2.45, 2.75) is 6.61 Å². The smallest absolute Gasteiger partial charge is 0.387 e. The molecule has 0 unspecified atom stereocenters. The highest BCUT2D eigenvalue weighted by atomic mass is 35.5. The number of ether oxygens (including phenoxy) is 1. The lowest BCUT2D eigenvalue weighted by molar-refractivity contribution is -0.0498. The minimum Gasteiger partial charge on any atom is -0.435 e. The van der Waals surface area contributed by atoms with E-state index in [-0.39, 0.29) is 34.6 Å². The van der Waals surface area contributed by atoms with E-state index in [9.17, 15) is 22.7 Å². The van der Waals surface area contributed by atoms with Crippen molar-refractivity contribution in [3.63, 3.8) is 0 Å². The Morgan fingerprint density at radius 3 is 2.71 bits per heavy atom. The van der Waals surface area contributed by atoms with Gasteiger partial charge in [0.05, 0.1) is 23.3 Å². The van der Waals surface area contributed by atoms with Crippen molar-refractivity contribution < 1.29 is 27.4 Å². The van der Waals surface area contributed by atoms with E-state index in [4.69, 9.17) is 11.6 Å². The van der Waals surface area contributed by atoms with E-state index in [0.717, 1.165) is 0 Å². The maximum atomic E-state index is 12.9. The molecular formula is C19H17ClF2N4O4S. The molecule has 1 saturated heterocycles. The van der Waals surface area contributed by atoms with E-state index >= 15 is 0 Å². The molecule has 2 N–H and O–H groups in total. The van der Waals surface area contributed by atoms with E-state index < -0.39 is 23.1 Å². The normalized spacial score (nSPS) is 16.5. The van der Waals surface area contributed by atoms with Gasteiger partial charge in [-0.1, -0.05) is 11.6 Å². The average molecular weight is 471 g/mol. The molecule has 1 aromatic carbocycles. The highest BCUT2D eigenvalue weighted by molar-refractivity contribution is 8.24. The van der Waals surface area contributed by atoms with Gasteiger partial charge in [-0.2, -0.15) is 24.5 Å². The predicted molar refractivity (Wildman–Crippen MR) is 112 cm³/mol. The van der Waals surface area contributed by atoms with Gasteiger partial charge in [-0.25, -0.2) is 4.68 Å². The summed E-state index contributed by atoms with van der Waals surface area (Å²) in [6.07, 6.45) is 3.10. The molecule has 0 atom stereocenters. The maximum absolute atomic E-state index is 12.9. The Hall–Kier alpha value is -2.73. The molecule has 1 fully saturated rings. The van der Waals surface area contributed by atoms with Crippen LogP contribution in [0, 0.1) is 0 Å². The van der Waals surface area contributed by atoms with Crippen LogP contribution in [0.25, 0.3) is 16.9 Å². The SMILES string of the molecule is O=C(c1cc(-c2cc(Cl)cc(OC(F)F)c2)n(-c2cccnc2)n1)N1CCS(O)(O)C1. The fourth-order valence-corrected chi connectivity index (χ4v) is 4.82. The number of aromatic nitrogens is 3. The van der Waals surface area contributed by atoms with Gasteiger partial charge in [-0.3, -0.25) is 18.9 Å². The Morgan fingerprint density at radius 2 is 2.06 bits per heavy atom. The molecule has 0 radical (unpaired) electrons. The number of benzene rings is 1. The van der Waals surface area contributed by atoms with Crippen LogP contribution in [0.3, 0.4) is 0 Å². The molecule has 164 valence electrons. The molecule has 8 nitrogen and oxygen atoms in total. The van der Waals surface area contributed by atoms with E-state index in [0.29, 0.717) is 16.9 Å². The van der Waals surface area contributed by atoms with Gasteiger partial charge in [0.2, 0.25) is 0 Å². The van der Waals surface area contributed by atoms with E-state index in [1.54, 1.807) is 18.3 Å². The lowest BCUT2D eigenvalue weighted by Crippen LogP contribution is -2.29. The number of nitrogens with zero attached hydrogens (tertiary/aromatic N) is 4. The van der Waals surface area contributed by atoms with E-state index in [1.165, 1.54) is 40.0 Å². The second kappa shape index (κ2) is 8.42. The first kappa shape index (κ1) is 21.5. The molecule has 0 saturated carbocycles. The van der Waals surface area contributed by atoms with E-state index in [1.807, 2.05) is 0 Å². The van der Waals surface area contributed by atoms with Gasteiger partial charge in [0.25, 0.3) is 5.91 Å². The van der Waals surface area contributed by atoms with Crippen LogP contribution >= 0.6 is 22.2 Å². The molecule has 31 heavy (non-hydrogen) atoms. The minimum absolute atomic E-state index is 0.0484. The molecule has 0 spiro atoms. The number of halogens is 3. The molecule has 0 bridgehead atoms. The molecule has 1 amide bonds. The zero-order valence-electron chi connectivity index (χ0n) is 15.9. The van der Waals surface area contributed by atoms with Gasteiger partial charge < -0.3 is 9.64 Å². The van der Waals surface area contributed by atoms with Crippen molar-refractivity contribution in [3.8, 4) is 22.7 Å². The van der Waals surface area contributed by atoms with Crippen LogP contribution in [0.2, 0.25) is 5.02 Å². The van der Waals surface area contributed by atoms with Gasteiger partial charge in [0.1, 0.15) is 11.6 Å². The summed E-state index contributed by atoms with van der Waals surface area (Å²) in [4.78, 5) is 18.3. The molecule has 12 heteroatoms. The highest BCUT2D eigenvalue weighted by Gasteiger charge is 2.32. The number of hydrogen-bond donors (Lipinski definition) is 2. The molecule has 0 aliphatic carbocycles. The van der Waals surface area contributed by atoms with Crippen LogP contribution < -0.4 is 4.74 Å². The second-order valence-electron chi connectivity index (χ2n) is 6.80. The highest BCUT2D eigenvalue weighted by Crippen LogP contribution is 2.44. The Bertz CT molecular complexity index is 1110. The molecule has 3 heterocycles. The van der Waals surface area contributed by atoms with Crippen molar-refractivity contribution in [2.24, 2.45) is 0 Å². The standard InChI is InChI=1S/C19H17ClF2N4O4S/c20-13-6-12(7-15(8-13)30-19(21)22)17-9-16(18(27)25-4-5-31(28,29)11-25)24-26(17)14-2-1-3-23-10-14/h1-3,6-10,19,28-29H,4-5,11H2. The quantitative estimate of drug-likeness (QED) is 0.575. The summed E-state index contributed by atoms with van der Waals surface area (Å²) in [5.74, 6) is -0.674. The average Bonchev–Trinajstić information content (AvgIpc) is 3.31. The summed E-state index contributed by atoms with van der Waals surface area (Å²) in [6.45, 7) is -2.83. The van der Waals surface area contributed by atoms with Crippen LogP contribution in [-0.4, -0.2) is 59.5 Å². The van der Waals surface area contributed by atoms with Crippen molar-refractivity contribution in [1.82, 2.24) is 19.7 Å². The summed E-state index contributed by atoms with van der Waals surface area (Å²) < 4.78 is 51.0. The summed E-state index contributed by atoms with van der Waals surface area (Å²) in [5, 5.41) is 4.53. The maximum Gasteiger partial charge on any atom is 0.387 e. The minimum atomic E-state index is -3.03. The fraction of sp³-hybridized carbons (Fsp3) is 0.211. The number of amides is 1. The Labute approximate surface area is 182 Å². The van der Waals surface area contributed by atoms with Gasteiger partial charge >= 0.3 is 6.61 Å². The molecular weight excluding hydrogens is 454 g/mol. The third kappa shape index (κ3) is 4.79. The largest absolute Gasteiger partial charge is 0.435 e. The number of hydrogen-bond acceptors (Lipinski definition) is 6. The molecule has 1 aliphatic rings. The molecule has 3 aromatic rings. The van der Waals surface area contributed by atoms with Gasteiger partial charge in [0, 0.05) is 23.3 Å². The van der Waals surface area contributed by atoms with Crippen molar-refractivity contribution in [1.29, 1.82) is 0 Å². The van der Waals surface area contributed by atoms with Crippen LogP contribution in [0.5, 0.6) is 5.75 Å². The number of rotatable bonds is 5. The molecule has 2 aromatic heterocycles. The summed E-state index contributed by atoms with van der Waals surface area (Å²) >= 11 is 6.09. The van der Waals surface area contributed by atoms with Gasteiger partial charge in [0.15, 0.2) is 5.69 Å². The lowest BCUT2D eigenvalue weighted by Gasteiger charge is -2.25. The number of pyridine rings is 1. The van der Waals surface area contributed by atoms with Crippen LogP contribution in [0.4, 0.5) is 8.78 Å². The second-order valence-corrected chi connectivity index (χ2v) is 9.50. The zero-order chi connectivity index (χ0) is 22.2. The lowest BCUT2D eigenvalue weighted by atomic mass is 10.1. The third-order valence-electron chi connectivity index (χ3n) is 4.55. The monoisotopic (exact) mass is 470 g/mol. The van der Waals surface area contributed by atoms with Crippen LogP contribution in [-0.2, 0) is 0 Å². The molecule has 1 aliphatic heterocycles. The predicted octanol–water partition coefficient (Wildman–Crippen LogP) is 4.35. The first-order chi connectivity index (χ1) is 14.7. The topological polar surface area (TPSA) is 101 Å². The van der Waals surface area contributed by atoms with Crippen molar-refractivity contribution in [2.75, 3.05) is 18.2 Å². The zero-order valence-corrected chi connectivity index (χ0v) is 17.4. The third-order valence-corrected chi connectivity index (χ3v) is 6.33. The number of carbonyl (C=O) groups excluding carboxylic acids is 1. The summed E-state index contributed by atoms with van der Waals surface area (Å²) in [6, 6.07) is 9.03. The number of carbonyl (C=O) groups is 1. The van der Waals surface area contributed by atoms with Crippen LogP contribution in [0.1, 0.15) is 10.5 Å². The first-order valence-corrected chi connectivity index (χ1v) is 11.3. The van der Waals surface area contributed by atoms with E-state index in [2.05, 4.69) is 14.8 Å². The summed E-state index contributed by atoms with van der Waals surface area (Å²) in [7, 11) is -2.82. The first-order valence-electron chi connectivity index (χ1n) is 9.01. The van der Waals surface area contributed by atoms with Gasteiger partial charge in [-0.15, -0.1) is 0 Å². The Balaban J connectivity index is 1.78. The fourth-order valence-electron chi connectivity index (χ4n) is 3.21.